The Kier molecular flexibility index (Phi) is 5.05. The molecule has 1 aliphatic rings. The van der Waals surface area contributed by atoms with Crippen molar-refractivity contribution in [3.05, 3.63) is 54.0 Å². The molecule has 6 nitrogen and oxygen atoms in total. The first-order valence-corrected chi connectivity index (χ1v) is 9.61. The van der Waals surface area contributed by atoms with Crippen molar-refractivity contribution >= 4 is 22.8 Å². The number of carbonyl (C=O) groups excluding carboxylic acids is 1. The van der Waals surface area contributed by atoms with Crippen molar-refractivity contribution in [2.75, 3.05) is 25.0 Å². The number of hydrogen-bond donors (Lipinski definition) is 2. The maximum Gasteiger partial charge on any atom is 0.256 e. The molecule has 1 fully saturated rings. The lowest BCUT2D eigenvalue weighted by molar-refractivity contribution is 0.0696. The van der Waals surface area contributed by atoms with Crippen LogP contribution in [0.5, 0.6) is 0 Å². The molecule has 0 radical (unpaired) electrons. The number of para-hydroxylation sites is 1. The Bertz CT molecular complexity index is 910. The molecule has 0 aliphatic carbocycles. The standard InChI is InChI=1S/C21H25N5O/c1-15-7-10-26(11-8-15)20(27)17-13-24-21(25-14-17)22-9-6-16-12-23-19-5-3-2-4-18(16)19/h2-5,12-15,23H,6-11H2,1H3,(H,22,24,25). The number of benzene rings is 1. The van der Waals surface area contributed by atoms with Crippen LogP contribution in [-0.4, -0.2) is 45.4 Å². The average Bonchev–Trinajstić information content (AvgIpc) is 3.12. The Balaban J connectivity index is 1.32. The molecule has 0 atom stereocenters. The van der Waals surface area contributed by atoms with Crippen LogP contribution in [0.3, 0.4) is 0 Å². The molecule has 27 heavy (non-hydrogen) atoms. The zero-order valence-corrected chi connectivity index (χ0v) is 15.6. The summed E-state index contributed by atoms with van der Waals surface area (Å²) < 4.78 is 0. The van der Waals surface area contributed by atoms with Crippen molar-refractivity contribution in [2.45, 2.75) is 26.2 Å². The Labute approximate surface area is 159 Å². The Morgan fingerprint density at radius 1 is 1.22 bits per heavy atom. The third-order valence-electron chi connectivity index (χ3n) is 5.32. The van der Waals surface area contributed by atoms with E-state index in [1.54, 1.807) is 12.4 Å². The van der Waals surface area contributed by atoms with Gasteiger partial charge in [0.1, 0.15) is 0 Å². The van der Waals surface area contributed by atoms with Gasteiger partial charge in [0.05, 0.1) is 5.56 Å². The number of likely N-dealkylation sites (tertiary alicyclic amines) is 1. The van der Waals surface area contributed by atoms with E-state index in [0.29, 0.717) is 17.4 Å². The highest BCUT2D eigenvalue weighted by Crippen LogP contribution is 2.19. The topological polar surface area (TPSA) is 73.9 Å². The van der Waals surface area contributed by atoms with Crippen LogP contribution < -0.4 is 5.32 Å². The fraction of sp³-hybridized carbons (Fsp3) is 0.381. The van der Waals surface area contributed by atoms with Crippen LogP contribution in [0.2, 0.25) is 0 Å². The van der Waals surface area contributed by atoms with Gasteiger partial charge in [0.15, 0.2) is 0 Å². The number of rotatable bonds is 5. The maximum absolute atomic E-state index is 12.5. The van der Waals surface area contributed by atoms with E-state index in [2.05, 4.69) is 51.6 Å². The minimum absolute atomic E-state index is 0.0345. The zero-order valence-electron chi connectivity index (χ0n) is 15.6. The summed E-state index contributed by atoms with van der Waals surface area (Å²) in [7, 11) is 0. The summed E-state index contributed by atoms with van der Waals surface area (Å²) in [6.07, 6.45) is 8.32. The second-order valence-corrected chi connectivity index (χ2v) is 7.31. The molecule has 0 bridgehead atoms. The molecular weight excluding hydrogens is 338 g/mol. The number of nitrogens with zero attached hydrogens (tertiary/aromatic N) is 3. The fourth-order valence-electron chi connectivity index (χ4n) is 3.57. The van der Waals surface area contributed by atoms with E-state index in [0.717, 1.165) is 44.4 Å². The molecule has 140 valence electrons. The lowest BCUT2D eigenvalue weighted by Gasteiger charge is -2.30. The number of anilines is 1. The number of hydrogen-bond acceptors (Lipinski definition) is 4. The molecule has 1 aliphatic heterocycles. The van der Waals surface area contributed by atoms with E-state index in [9.17, 15) is 4.79 Å². The quantitative estimate of drug-likeness (QED) is 0.728. The van der Waals surface area contributed by atoms with Crippen molar-refractivity contribution in [2.24, 2.45) is 5.92 Å². The van der Waals surface area contributed by atoms with Gasteiger partial charge in [0.25, 0.3) is 5.91 Å². The number of nitrogens with one attached hydrogen (secondary N) is 2. The fourth-order valence-corrected chi connectivity index (χ4v) is 3.57. The summed E-state index contributed by atoms with van der Waals surface area (Å²) in [5.74, 6) is 1.29. The van der Waals surface area contributed by atoms with Gasteiger partial charge in [-0.1, -0.05) is 25.1 Å². The zero-order chi connectivity index (χ0) is 18.6. The van der Waals surface area contributed by atoms with Crippen LogP contribution in [0.25, 0.3) is 10.9 Å². The van der Waals surface area contributed by atoms with E-state index in [1.807, 2.05) is 11.0 Å². The van der Waals surface area contributed by atoms with E-state index < -0.39 is 0 Å². The summed E-state index contributed by atoms with van der Waals surface area (Å²) in [4.78, 5) is 26.4. The van der Waals surface area contributed by atoms with Gasteiger partial charge >= 0.3 is 0 Å². The number of fused-ring (bicyclic) bond motifs is 1. The van der Waals surface area contributed by atoms with Crippen molar-refractivity contribution in [1.29, 1.82) is 0 Å². The van der Waals surface area contributed by atoms with E-state index in [4.69, 9.17) is 0 Å². The van der Waals surface area contributed by atoms with Gasteiger partial charge in [-0.05, 0) is 36.8 Å². The average molecular weight is 363 g/mol. The third-order valence-corrected chi connectivity index (χ3v) is 5.32. The van der Waals surface area contributed by atoms with Crippen LogP contribution in [0.1, 0.15) is 35.7 Å². The molecule has 1 amide bonds. The molecule has 0 unspecified atom stereocenters. The molecule has 4 rings (SSSR count). The highest BCUT2D eigenvalue weighted by Gasteiger charge is 2.21. The first kappa shape index (κ1) is 17.5. The summed E-state index contributed by atoms with van der Waals surface area (Å²) >= 11 is 0. The first-order chi connectivity index (χ1) is 13.2. The largest absolute Gasteiger partial charge is 0.361 e. The summed E-state index contributed by atoms with van der Waals surface area (Å²) in [6, 6.07) is 8.28. The molecule has 1 saturated heterocycles. The van der Waals surface area contributed by atoms with E-state index in [1.165, 1.54) is 10.9 Å². The molecule has 3 heterocycles. The molecule has 1 aromatic carbocycles. The molecule has 2 aromatic heterocycles. The van der Waals surface area contributed by atoms with Gasteiger partial charge in [-0.2, -0.15) is 0 Å². The third kappa shape index (κ3) is 3.94. The molecule has 3 aromatic rings. The first-order valence-electron chi connectivity index (χ1n) is 9.61. The Morgan fingerprint density at radius 3 is 2.74 bits per heavy atom. The maximum atomic E-state index is 12.5. The number of carbonyl (C=O) groups is 1. The lowest BCUT2D eigenvalue weighted by atomic mass is 9.99. The molecular formula is C21H25N5O. The number of piperidine rings is 1. The van der Waals surface area contributed by atoms with Crippen LogP contribution in [0.4, 0.5) is 5.95 Å². The number of H-pyrrole nitrogens is 1. The number of amides is 1. The van der Waals surface area contributed by atoms with Gasteiger partial charge in [-0.3, -0.25) is 4.79 Å². The number of aromatic amines is 1. The van der Waals surface area contributed by atoms with Crippen LogP contribution in [0.15, 0.2) is 42.9 Å². The Morgan fingerprint density at radius 2 is 1.96 bits per heavy atom. The minimum atomic E-state index is 0.0345. The second kappa shape index (κ2) is 7.78. The lowest BCUT2D eigenvalue weighted by Crippen LogP contribution is -2.38. The molecule has 0 saturated carbocycles. The smallest absolute Gasteiger partial charge is 0.256 e. The van der Waals surface area contributed by atoms with E-state index in [-0.39, 0.29) is 5.91 Å². The number of aromatic nitrogens is 3. The van der Waals surface area contributed by atoms with Crippen molar-refractivity contribution in [3.8, 4) is 0 Å². The molecule has 6 heteroatoms. The van der Waals surface area contributed by atoms with Crippen LogP contribution >= 0.6 is 0 Å². The predicted octanol–water partition coefficient (Wildman–Crippen LogP) is 3.48. The molecule has 2 N–H and O–H groups in total. The van der Waals surface area contributed by atoms with Gasteiger partial charge in [0, 0.05) is 49.1 Å². The summed E-state index contributed by atoms with van der Waals surface area (Å²) in [5.41, 5.74) is 2.98. The minimum Gasteiger partial charge on any atom is -0.361 e. The van der Waals surface area contributed by atoms with Crippen LogP contribution in [0, 0.1) is 5.92 Å². The predicted molar refractivity (Wildman–Crippen MR) is 107 cm³/mol. The second-order valence-electron chi connectivity index (χ2n) is 7.31. The molecule has 0 spiro atoms. The normalized spacial score (nSPS) is 15.2. The van der Waals surface area contributed by atoms with Gasteiger partial charge in [0.2, 0.25) is 5.95 Å². The van der Waals surface area contributed by atoms with Gasteiger partial charge in [-0.25, -0.2) is 9.97 Å². The summed E-state index contributed by atoms with van der Waals surface area (Å²) in [6.45, 7) is 4.62. The monoisotopic (exact) mass is 363 g/mol. The van der Waals surface area contributed by atoms with Crippen LogP contribution in [-0.2, 0) is 6.42 Å². The highest BCUT2D eigenvalue weighted by molar-refractivity contribution is 5.93. The Hall–Kier alpha value is -2.89. The highest BCUT2D eigenvalue weighted by atomic mass is 16.2. The van der Waals surface area contributed by atoms with Gasteiger partial charge < -0.3 is 15.2 Å². The van der Waals surface area contributed by atoms with Gasteiger partial charge in [-0.15, -0.1) is 0 Å². The summed E-state index contributed by atoms with van der Waals surface area (Å²) in [5, 5.41) is 4.49. The van der Waals surface area contributed by atoms with Crippen molar-refractivity contribution in [3.63, 3.8) is 0 Å². The SMILES string of the molecule is CC1CCN(C(=O)c2cnc(NCCc3c[nH]c4ccccc34)nc2)CC1. The van der Waals surface area contributed by atoms with Crippen molar-refractivity contribution < 1.29 is 4.79 Å². The van der Waals surface area contributed by atoms with Crippen molar-refractivity contribution in [1.82, 2.24) is 19.9 Å². The van der Waals surface area contributed by atoms with E-state index >= 15 is 0 Å².